The maximum absolute atomic E-state index is 12.1. The Morgan fingerprint density at radius 1 is 1.14 bits per heavy atom. The zero-order valence-electron chi connectivity index (χ0n) is 11.4. The lowest BCUT2D eigenvalue weighted by Gasteiger charge is -2.10. The van der Waals surface area contributed by atoms with Gasteiger partial charge in [0.05, 0.1) is 6.10 Å². The standard InChI is InChI=1S/C14H13Cl2N3O2/c1-8(2)21-10-5-3-9(4-6-10)14(20)19-11-12(15)17-7-18-13(11)16/h3-8H,1-2H3,(H,19,20). The molecule has 0 spiro atoms. The predicted octanol–water partition coefficient (Wildman–Crippen LogP) is 3.82. The van der Waals surface area contributed by atoms with Crippen LogP contribution in [0.3, 0.4) is 0 Å². The zero-order chi connectivity index (χ0) is 15.4. The van der Waals surface area contributed by atoms with E-state index in [1.807, 2.05) is 13.8 Å². The zero-order valence-corrected chi connectivity index (χ0v) is 12.9. The second kappa shape index (κ2) is 6.74. The van der Waals surface area contributed by atoms with Gasteiger partial charge in [-0.15, -0.1) is 0 Å². The Morgan fingerprint density at radius 2 is 1.71 bits per heavy atom. The van der Waals surface area contributed by atoms with Gasteiger partial charge in [0.15, 0.2) is 10.3 Å². The maximum atomic E-state index is 12.1. The van der Waals surface area contributed by atoms with Crippen molar-refractivity contribution in [3.8, 4) is 5.75 Å². The van der Waals surface area contributed by atoms with E-state index in [1.165, 1.54) is 6.33 Å². The summed E-state index contributed by atoms with van der Waals surface area (Å²) in [7, 11) is 0. The SMILES string of the molecule is CC(C)Oc1ccc(C(=O)Nc2c(Cl)ncnc2Cl)cc1. The van der Waals surface area contributed by atoms with Crippen LogP contribution in [-0.4, -0.2) is 22.0 Å². The fraction of sp³-hybridized carbons (Fsp3) is 0.214. The number of ether oxygens (including phenoxy) is 1. The molecule has 0 atom stereocenters. The Morgan fingerprint density at radius 3 is 2.24 bits per heavy atom. The van der Waals surface area contributed by atoms with Crippen molar-refractivity contribution in [1.29, 1.82) is 0 Å². The number of nitrogens with one attached hydrogen (secondary N) is 1. The third-order valence-electron chi connectivity index (χ3n) is 2.48. The summed E-state index contributed by atoms with van der Waals surface area (Å²) in [6, 6.07) is 6.75. The van der Waals surface area contributed by atoms with Crippen LogP contribution in [0.25, 0.3) is 0 Å². The van der Waals surface area contributed by atoms with Crippen LogP contribution < -0.4 is 10.1 Å². The molecule has 0 aliphatic heterocycles. The minimum atomic E-state index is -0.357. The van der Waals surface area contributed by atoms with Crippen LogP contribution >= 0.6 is 23.2 Å². The van der Waals surface area contributed by atoms with Gasteiger partial charge >= 0.3 is 0 Å². The maximum Gasteiger partial charge on any atom is 0.255 e. The van der Waals surface area contributed by atoms with E-state index in [0.717, 1.165) is 0 Å². The van der Waals surface area contributed by atoms with E-state index in [0.29, 0.717) is 11.3 Å². The lowest BCUT2D eigenvalue weighted by molar-refractivity contribution is 0.102. The monoisotopic (exact) mass is 325 g/mol. The van der Waals surface area contributed by atoms with Crippen LogP contribution in [-0.2, 0) is 0 Å². The molecule has 0 saturated carbocycles. The third kappa shape index (κ3) is 4.06. The van der Waals surface area contributed by atoms with Crippen molar-refractivity contribution in [3.63, 3.8) is 0 Å². The average Bonchev–Trinajstić information content (AvgIpc) is 2.43. The number of nitrogens with zero attached hydrogens (tertiary/aromatic N) is 2. The average molecular weight is 326 g/mol. The van der Waals surface area contributed by atoms with Gasteiger partial charge in [0, 0.05) is 5.56 Å². The first-order valence-corrected chi connectivity index (χ1v) is 6.97. The summed E-state index contributed by atoms with van der Waals surface area (Å²) in [5.41, 5.74) is 0.635. The number of halogens is 2. The smallest absolute Gasteiger partial charge is 0.255 e. The molecule has 2 aromatic rings. The number of rotatable bonds is 4. The fourth-order valence-electron chi connectivity index (χ4n) is 1.59. The summed E-state index contributed by atoms with van der Waals surface area (Å²) >= 11 is 11.7. The molecular weight excluding hydrogens is 313 g/mol. The lowest BCUT2D eigenvalue weighted by atomic mass is 10.2. The molecule has 0 aliphatic carbocycles. The van der Waals surface area contributed by atoms with Crippen molar-refractivity contribution in [1.82, 2.24) is 9.97 Å². The van der Waals surface area contributed by atoms with E-state index >= 15 is 0 Å². The molecule has 0 fully saturated rings. The van der Waals surface area contributed by atoms with Gasteiger partial charge in [-0.1, -0.05) is 23.2 Å². The van der Waals surface area contributed by atoms with Crippen molar-refractivity contribution in [3.05, 3.63) is 46.5 Å². The molecule has 1 heterocycles. The van der Waals surface area contributed by atoms with E-state index in [1.54, 1.807) is 24.3 Å². The van der Waals surface area contributed by atoms with Crippen molar-refractivity contribution in [2.24, 2.45) is 0 Å². The van der Waals surface area contributed by atoms with Gasteiger partial charge in [-0.25, -0.2) is 9.97 Å². The van der Waals surface area contributed by atoms with Crippen molar-refractivity contribution >= 4 is 34.8 Å². The highest BCUT2D eigenvalue weighted by atomic mass is 35.5. The highest BCUT2D eigenvalue weighted by Gasteiger charge is 2.13. The minimum absolute atomic E-state index is 0.0729. The van der Waals surface area contributed by atoms with Crippen LogP contribution in [0.2, 0.25) is 10.3 Å². The number of carbonyl (C=O) groups is 1. The Bertz CT molecular complexity index is 625. The Kier molecular flexibility index (Phi) is 4.98. The van der Waals surface area contributed by atoms with Gasteiger partial charge in [0.1, 0.15) is 17.8 Å². The van der Waals surface area contributed by atoms with Crippen molar-refractivity contribution in [2.45, 2.75) is 20.0 Å². The van der Waals surface area contributed by atoms with Gasteiger partial charge in [-0.05, 0) is 38.1 Å². The molecule has 0 unspecified atom stereocenters. The summed E-state index contributed by atoms with van der Waals surface area (Å²) in [5.74, 6) is 0.338. The van der Waals surface area contributed by atoms with Crippen LogP contribution in [0, 0.1) is 0 Å². The summed E-state index contributed by atoms with van der Waals surface area (Å²) in [5, 5.41) is 2.76. The largest absolute Gasteiger partial charge is 0.491 e. The number of anilines is 1. The molecule has 1 amide bonds. The third-order valence-corrected chi connectivity index (χ3v) is 3.05. The quantitative estimate of drug-likeness (QED) is 0.868. The lowest BCUT2D eigenvalue weighted by Crippen LogP contribution is -2.13. The van der Waals surface area contributed by atoms with Crippen LogP contribution in [0.4, 0.5) is 5.69 Å². The summed E-state index contributed by atoms with van der Waals surface area (Å²) in [6.07, 6.45) is 1.29. The second-order valence-electron chi connectivity index (χ2n) is 4.48. The number of benzene rings is 1. The number of carbonyl (C=O) groups excluding carboxylic acids is 1. The summed E-state index contributed by atoms with van der Waals surface area (Å²) in [6.45, 7) is 3.86. The molecule has 0 bridgehead atoms. The van der Waals surface area contributed by atoms with Crippen LogP contribution in [0.15, 0.2) is 30.6 Å². The Hall–Kier alpha value is -1.85. The molecular formula is C14H13Cl2N3O2. The van der Waals surface area contributed by atoms with Gasteiger partial charge in [0.2, 0.25) is 0 Å². The Balaban J connectivity index is 2.13. The molecule has 0 saturated heterocycles. The fourth-order valence-corrected chi connectivity index (χ4v) is 2.00. The summed E-state index contributed by atoms with van der Waals surface area (Å²) in [4.78, 5) is 19.7. The predicted molar refractivity (Wildman–Crippen MR) is 82.2 cm³/mol. The van der Waals surface area contributed by atoms with Gasteiger partial charge in [-0.3, -0.25) is 4.79 Å². The van der Waals surface area contributed by atoms with Crippen LogP contribution in [0.1, 0.15) is 24.2 Å². The molecule has 0 radical (unpaired) electrons. The highest BCUT2D eigenvalue weighted by molar-refractivity contribution is 6.38. The number of hydrogen-bond donors (Lipinski definition) is 1. The van der Waals surface area contributed by atoms with Gasteiger partial charge < -0.3 is 10.1 Å². The molecule has 21 heavy (non-hydrogen) atoms. The molecule has 7 heteroatoms. The first-order chi connectivity index (χ1) is 9.97. The van der Waals surface area contributed by atoms with E-state index in [4.69, 9.17) is 27.9 Å². The van der Waals surface area contributed by atoms with E-state index in [2.05, 4.69) is 15.3 Å². The topological polar surface area (TPSA) is 64.1 Å². The van der Waals surface area contributed by atoms with E-state index in [9.17, 15) is 4.79 Å². The first-order valence-electron chi connectivity index (χ1n) is 6.21. The van der Waals surface area contributed by atoms with Crippen LogP contribution in [0.5, 0.6) is 5.75 Å². The molecule has 1 N–H and O–H groups in total. The van der Waals surface area contributed by atoms with Crippen molar-refractivity contribution in [2.75, 3.05) is 5.32 Å². The second-order valence-corrected chi connectivity index (χ2v) is 5.19. The van der Waals surface area contributed by atoms with E-state index < -0.39 is 0 Å². The number of aromatic nitrogens is 2. The molecule has 1 aromatic heterocycles. The normalized spacial score (nSPS) is 10.5. The van der Waals surface area contributed by atoms with Gasteiger partial charge in [-0.2, -0.15) is 0 Å². The first kappa shape index (κ1) is 15.5. The van der Waals surface area contributed by atoms with E-state index in [-0.39, 0.29) is 28.0 Å². The van der Waals surface area contributed by atoms with Gasteiger partial charge in [0.25, 0.3) is 5.91 Å². The molecule has 2 rings (SSSR count). The molecule has 5 nitrogen and oxygen atoms in total. The Labute approximate surface area is 132 Å². The van der Waals surface area contributed by atoms with Crippen molar-refractivity contribution < 1.29 is 9.53 Å². The highest BCUT2D eigenvalue weighted by Crippen LogP contribution is 2.26. The number of amides is 1. The molecule has 110 valence electrons. The minimum Gasteiger partial charge on any atom is -0.491 e. The number of hydrogen-bond acceptors (Lipinski definition) is 4. The molecule has 1 aromatic carbocycles. The molecule has 0 aliphatic rings. The summed E-state index contributed by atoms with van der Waals surface area (Å²) < 4.78 is 5.51.